The van der Waals surface area contributed by atoms with Gasteiger partial charge in [-0.15, -0.1) is 0 Å². The number of hydrogen-bond acceptors (Lipinski definition) is 2. The zero-order valence-electron chi connectivity index (χ0n) is 12.4. The lowest BCUT2D eigenvalue weighted by Crippen LogP contribution is -2.16. The Balaban J connectivity index is 2.43. The lowest BCUT2D eigenvalue weighted by atomic mass is 10.1. The van der Waals surface area contributed by atoms with Gasteiger partial charge < -0.3 is 11.1 Å². The van der Waals surface area contributed by atoms with E-state index in [1.54, 1.807) is 12.1 Å². The lowest BCUT2D eigenvalue weighted by molar-refractivity contribution is 0.100. The second-order valence-electron chi connectivity index (χ2n) is 5.31. The number of unbranched alkanes of at least 4 members (excludes halogenated alkanes) is 4. The van der Waals surface area contributed by atoms with E-state index >= 15 is 0 Å². The van der Waals surface area contributed by atoms with Crippen LogP contribution >= 0.6 is 11.6 Å². The van der Waals surface area contributed by atoms with Crippen molar-refractivity contribution >= 4 is 23.2 Å². The van der Waals surface area contributed by atoms with E-state index < -0.39 is 5.91 Å². The molecule has 1 rings (SSSR count). The minimum absolute atomic E-state index is 0.367. The molecule has 3 nitrogen and oxygen atoms in total. The van der Waals surface area contributed by atoms with Gasteiger partial charge in [0.25, 0.3) is 0 Å². The number of carbonyl (C=O) groups excluding carboxylic acids is 1. The monoisotopic (exact) mass is 296 g/mol. The fraction of sp³-hybridized carbons (Fsp3) is 0.562. The Bertz CT molecular complexity index is 434. The van der Waals surface area contributed by atoms with E-state index in [0.717, 1.165) is 12.1 Å². The number of anilines is 1. The summed E-state index contributed by atoms with van der Waals surface area (Å²) in [5.41, 5.74) is 6.55. The second kappa shape index (κ2) is 8.85. The molecular weight excluding hydrogens is 272 g/mol. The topological polar surface area (TPSA) is 55.1 Å². The van der Waals surface area contributed by atoms with Crippen LogP contribution in [0, 0.1) is 0 Å². The quantitative estimate of drug-likeness (QED) is 0.654. The SMILES string of the molecule is CCCCCCCC(C)Nc1ccc(Cl)c(C(N)=O)c1. The molecule has 0 radical (unpaired) electrons. The third-order valence-corrected chi connectivity index (χ3v) is 3.72. The molecule has 0 aliphatic carbocycles. The second-order valence-corrected chi connectivity index (χ2v) is 5.71. The summed E-state index contributed by atoms with van der Waals surface area (Å²) in [4.78, 5) is 11.2. The van der Waals surface area contributed by atoms with Gasteiger partial charge in [0.05, 0.1) is 10.6 Å². The van der Waals surface area contributed by atoms with Crippen LogP contribution in [0.15, 0.2) is 18.2 Å². The van der Waals surface area contributed by atoms with Crippen molar-refractivity contribution in [2.45, 2.75) is 58.4 Å². The number of primary amides is 1. The maximum absolute atomic E-state index is 11.2. The molecule has 0 fully saturated rings. The molecule has 1 aromatic carbocycles. The molecule has 0 saturated heterocycles. The highest BCUT2D eigenvalue weighted by molar-refractivity contribution is 6.33. The molecule has 0 heterocycles. The smallest absolute Gasteiger partial charge is 0.250 e. The molecule has 20 heavy (non-hydrogen) atoms. The van der Waals surface area contributed by atoms with Crippen molar-refractivity contribution in [2.24, 2.45) is 5.73 Å². The minimum atomic E-state index is -0.495. The summed E-state index contributed by atoms with van der Waals surface area (Å²) in [5, 5.41) is 3.79. The summed E-state index contributed by atoms with van der Waals surface area (Å²) in [5.74, 6) is -0.495. The zero-order chi connectivity index (χ0) is 15.0. The average Bonchev–Trinajstić information content (AvgIpc) is 2.40. The number of nitrogens with two attached hydrogens (primary N) is 1. The molecule has 1 amide bonds. The van der Waals surface area contributed by atoms with Crippen molar-refractivity contribution in [1.29, 1.82) is 0 Å². The van der Waals surface area contributed by atoms with Gasteiger partial charge >= 0.3 is 0 Å². The van der Waals surface area contributed by atoms with Crippen LogP contribution in [0.5, 0.6) is 0 Å². The van der Waals surface area contributed by atoms with Gasteiger partial charge in [-0.3, -0.25) is 4.79 Å². The first-order chi connectivity index (χ1) is 9.54. The highest BCUT2D eigenvalue weighted by Gasteiger charge is 2.09. The number of hydrogen-bond donors (Lipinski definition) is 2. The largest absolute Gasteiger partial charge is 0.383 e. The molecule has 1 atom stereocenters. The van der Waals surface area contributed by atoms with E-state index in [1.807, 2.05) is 6.07 Å². The highest BCUT2D eigenvalue weighted by Crippen LogP contribution is 2.21. The molecular formula is C16H25ClN2O. The molecule has 0 saturated carbocycles. The van der Waals surface area contributed by atoms with Crippen LogP contribution in [0.2, 0.25) is 5.02 Å². The summed E-state index contributed by atoms with van der Waals surface area (Å²) in [6.07, 6.45) is 7.54. The summed E-state index contributed by atoms with van der Waals surface area (Å²) in [6, 6.07) is 5.68. The Morgan fingerprint density at radius 1 is 1.30 bits per heavy atom. The predicted octanol–water partition coefficient (Wildman–Crippen LogP) is 4.60. The summed E-state index contributed by atoms with van der Waals surface area (Å²) >= 11 is 5.93. The fourth-order valence-corrected chi connectivity index (χ4v) is 2.43. The number of benzene rings is 1. The van der Waals surface area contributed by atoms with Gasteiger partial charge in [0.1, 0.15) is 0 Å². The predicted molar refractivity (Wildman–Crippen MR) is 86.4 cm³/mol. The average molecular weight is 297 g/mol. The van der Waals surface area contributed by atoms with E-state index in [2.05, 4.69) is 19.2 Å². The van der Waals surface area contributed by atoms with Gasteiger partial charge in [0, 0.05) is 11.7 Å². The van der Waals surface area contributed by atoms with Crippen LogP contribution in [0.25, 0.3) is 0 Å². The lowest BCUT2D eigenvalue weighted by Gasteiger charge is -2.16. The first-order valence-corrected chi connectivity index (χ1v) is 7.78. The van der Waals surface area contributed by atoms with Gasteiger partial charge in [-0.25, -0.2) is 0 Å². The fourth-order valence-electron chi connectivity index (χ4n) is 2.21. The molecule has 0 bridgehead atoms. The molecule has 4 heteroatoms. The molecule has 0 aliphatic rings. The molecule has 3 N–H and O–H groups in total. The summed E-state index contributed by atoms with van der Waals surface area (Å²) < 4.78 is 0. The van der Waals surface area contributed by atoms with Crippen LogP contribution in [0.3, 0.4) is 0 Å². The molecule has 0 aromatic heterocycles. The molecule has 1 aromatic rings. The Morgan fingerprint density at radius 3 is 2.65 bits per heavy atom. The van der Waals surface area contributed by atoms with Gasteiger partial charge in [0.15, 0.2) is 0 Å². The van der Waals surface area contributed by atoms with Crippen LogP contribution in [-0.4, -0.2) is 11.9 Å². The third kappa shape index (κ3) is 5.83. The van der Waals surface area contributed by atoms with Gasteiger partial charge in [-0.2, -0.15) is 0 Å². The summed E-state index contributed by atoms with van der Waals surface area (Å²) in [6.45, 7) is 4.37. The molecule has 0 aliphatic heterocycles. The van der Waals surface area contributed by atoms with Crippen LogP contribution < -0.4 is 11.1 Å². The number of rotatable bonds is 9. The van der Waals surface area contributed by atoms with E-state index in [4.69, 9.17) is 17.3 Å². The maximum Gasteiger partial charge on any atom is 0.250 e. The Labute approximate surface area is 126 Å². The van der Waals surface area contributed by atoms with Crippen LogP contribution in [0.1, 0.15) is 62.7 Å². The van der Waals surface area contributed by atoms with E-state index in [-0.39, 0.29) is 0 Å². The molecule has 1 unspecified atom stereocenters. The number of halogens is 1. The van der Waals surface area contributed by atoms with Crippen LogP contribution in [0.4, 0.5) is 5.69 Å². The normalized spacial score (nSPS) is 12.2. The van der Waals surface area contributed by atoms with Crippen molar-refractivity contribution in [2.75, 3.05) is 5.32 Å². The Kier molecular flexibility index (Phi) is 7.45. The van der Waals surface area contributed by atoms with Crippen molar-refractivity contribution in [3.63, 3.8) is 0 Å². The minimum Gasteiger partial charge on any atom is -0.383 e. The summed E-state index contributed by atoms with van der Waals surface area (Å²) in [7, 11) is 0. The standard InChI is InChI=1S/C16H25ClN2O/c1-3-4-5-6-7-8-12(2)19-13-9-10-15(17)14(11-13)16(18)20/h9-12,19H,3-8H2,1-2H3,(H2,18,20). The number of carbonyl (C=O) groups is 1. The molecule has 112 valence electrons. The van der Waals surface area contributed by atoms with E-state index in [1.165, 1.54) is 32.1 Å². The van der Waals surface area contributed by atoms with Gasteiger partial charge in [-0.05, 0) is 31.5 Å². The van der Waals surface area contributed by atoms with Gasteiger partial charge in [0.2, 0.25) is 5.91 Å². The van der Waals surface area contributed by atoms with E-state index in [9.17, 15) is 4.79 Å². The first-order valence-electron chi connectivity index (χ1n) is 7.40. The Hall–Kier alpha value is -1.22. The third-order valence-electron chi connectivity index (χ3n) is 3.39. The van der Waals surface area contributed by atoms with Gasteiger partial charge in [-0.1, -0.05) is 50.6 Å². The first kappa shape index (κ1) is 16.8. The van der Waals surface area contributed by atoms with Crippen molar-refractivity contribution < 1.29 is 4.79 Å². The van der Waals surface area contributed by atoms with E-state index in [0.29, 0.717) is 16.6 Å². The maximum atomic E-state index is 11.2. The van der Waals surface area contributed by atoms with Crippen molar-refractivity contribution in [1.82, 2.24) is 0 Å². The van der Waals surface area contributed by atoms with Crippen molar-refractivity contribution in [3.05, 3.63) is 28.8 Å². The number of amides is 1. The highest BCUT2D eigenvalue weighted by atomic mass is 35.5. The molecule has 0 spiro atoms. The van der Waals surface area contributed by atoms with Crippen molar-refractivity contribution in [3.8, 4) is 0 Å². The Morgan fingerprint density at radius 2 is 2.00 bits per heavy atom. The number of nitrogens with one attached hydrogen (secondary N) is 1. The zero-order valence-corrected chi connectivity index (χ0v) is 13.2. The van der Waals surface area contributed by atoms with Crippen LogP contribution in [-0.2, 0) is 0 Å².